The maximum atomic E-state index is 11.8. The van der Waals surface area contributed by atoms with Gasteiger partial charge in [-0.1, -0.05) is 13.8 Å². The first-order valence-electron chi connectivity index (χ1n) is 14.7. The number of benzene rings is 1. The number of carbonyl (C=O) groups is 1. The summed E-state index contributed by atoms with van der Waals surface area (Å²) in [5.74, 6) is 3.20. The van der Waals surface area contributed by atoms with Crippen molar-refractivity contribution < 1.29 is 24.1 Å². The molecule has 2 heterocycles. The number of hydrogen-bond donors (Lipinski definition) is 1. The van der Waals surface area contributed by atoms with Crippen LogP contribution in [0.4, 0.5) is 0 Å². The first-order chi connectivity index (χ1) is 18.4. The maximum Gasteiger partial charge on any atom is 0.306 e. The number of ether oxygens (including phenoxy) is 3. The molecule has 1 saturated carbocycles. The molecular formula is C32H41NO5. The molecular weight excluding hydrogens is 478 g/mol. The summed E-state index contributed by atoms with van der Waals surface area (Å²) in [5, 5.41) is 9.69. The lowest BCUT2D eigenvalue weighted by Gasteiger charge is -2.42. The van der Waals surface area contributed by atoms with Gasteiger partial charge in [0.2, 0.25) is 0 Å². The lowest BCUT2D eigenvalue weighted by molar-refractivity contribution is -0.143. The summed E-state index contributed by atoms with van der Waals surface area (Å²) in [4.78, 5) is 16.4. The van der Waals surface area contributed by atoms with E-state index in [-0.39, 0.29) is 11.3 Å². The highest BCUT2D eigenvalue weighted by Crippen LogP contribution is 2.57. The van der Waals surface area contributed by atoms with Gasteiger partial charge in [0.25, 0.3) is 0 Å². The Morgan fingerprint density at radius 3 is 2.68 bits per heavy atom. The second-order valence-electron chi connectivity index (χ2n) is 12.3. The van der Waals surface area contributed by atoms with Crippen molar-refractivity contribution in [2.24, 2.45) is 17.8 Å². The van der Waals surface area contributed by atoms with Gasteiger partial charge in [-0.25, -0.2) is 0 Å². The first-order valence-corrected chi connectivity index (χ1v) is 14.7. The van der Waals surface area contributed by atoms with E-state index in [0.717, 1.165) is 68.6 Å². The summed E-state index contributed by atoms with van der Waals surface area (Å²) in [7, 11) is 0. The van der Waals surface area contributed by atoms with Gasteiger partial charge < -0.3 is 19.3 Å². The van der Waals surface area contributed by atoms with Crippen LogP contribution in [0.5, 0.6) is 17.2 Å². The lowest BCUT2D eigenvalue weighted by atomic mass is 9.61. The van der Waals surface area contributed by atoms with Crippen LogP contribution in [0.2, 0.25) is 0 Å². The minimum absolute atomic E-state index is 0.00455. The van der Waals surface area contributed by atoms with Crippen LogP contribution in [0.15, 0.2) is 24.4 Å². The van der Waals surface area contributed by atoms with Crippen LogP contribution in [0, 0.1) is 17.8 Å². The Labute approximate surface area is 226 Å². The topological polar surface area (TPSA) is 77.9 Å². The molecule has 0 saturated heterocycles. The van der Waals surface area contributed by atoms with Gasteiger partial charge in [0.05, 0.1) is 25.7 Å². The van der Waals surface area contributed by atoms with E-state index in [1.807, 2.05) is 12.3 Å². The third kappa shape index (κ3) is 4.65. The van der Waals surface area contributed by atoms with Crippen molar-refractivity contribution in [3.63, 3.8) is 0 Å². The Morgan fingerprint density at radius 1 is 1.16 bits per heavy atom. The molecule has 0 amide bonds. The molecule has 6 nitrogen and oxygen atoms in total. The van der Waals surface area contributed by atoms with Crippen LogP contribution in [0.25, 0.3) is 0 Å². The van der Waals surface area contributed by atoms with Crippen molar-refractivity contribution >= 4 is 5.97 Å². The predicted molar refractivity (Wildman–Crippen MR) is 145 cm³/mol. The Balaban J connectivity index is 1.22. The maximum absolute atomic E-state index is 11.8. The van der Waals surface area contributed by atoms with Crippen LogP contribution in [-0.2, 0) is 23.1 Å². The van der Waals surface area contributed by atoms with Crippen molar-refractivity contribution in [1.82, 2.24) is 4.98 Å². The van der Waals surface area contributed by atoms with E-state index in [0.29, 0.717) is 37.6 Å². The van der Waals surface area contributed by atoms with Crippen molar-refractivity contribution in [3.8, 4) is 17.2 Å². The summed E-state index contributed by atoms with van der Waals surface area (Å²) in [6.45, 7) is 6.64. The highest BCUT2D eigenvalue weighted by molar-refractivity contribution is 5.70. The van der Waals surface area contributed by atoms with Crippen LogP contribution in [0.1, 0.15) is 93.5 Å². The van der Waals surface area contributed by atoms with Crippen LogP contribution >= 0.6 is 0 Å². The Bertz CT molecular complexity index is 1180. The monoisotopic (exact) mass is 519 g/mol. The minimum Gasteiger partial charge on any atom is -0.493 e. The van der Waals surface area contributed by atoms with Gasteiger partial charge >= 0.3 is 5.97 Å². The van der Waals surface area contributed by atoms with Crippen molar-refractivity contribution in [2.75, 3.05) is 19.8 Å². The first kappa shape index (κ1) is 25.5. The predicted octanol–water partition coefficient (Wildman–Crippen LogP) is 6.47. The number of hydrogen-bond acceptors (Lipinski definition) is 5. The third-order valence-electron chi connectivity index (χ3n) is 9.77. The molecule has 2 aromatic rings. The van der Waals surface area contributed by atoms with E-state index >= 15 is 0 Å². The van der Waals surface area contributed by atoms with Gasteiger partial charge in [-0.15, -0.1) is 0 Å². The minimum atomic E-state index is -0.648. The molecule has 6 heteroatoms. The molecule has 1 aromatic heterocycles. The molecule has 0 radical (unpaired) electrons. The second kappa shape index (κ2) is 10.4. The van der Waals surface area contributed by atoms with E-state index < -0.39 is 5.97 Å². The highest BCUT2D eigenvalue weighted by atomic mass is 16.5. The number of nitrogens with zero attached hydrogens (tertiary/aromatic N) is 1. The fourth-order valence-corrected chi connectivity index (χ4v) is 7.78. The van der Waals surface area contributed by atoms with Crippen LogP contribution < -0.4 is 14.2 Å². The fourth-order valence-electron chi connectivity index (χ4n) is 7.78. The number of pyridine rings is 1. The Hall–Kier alpha value is -2.76. The molecule has 204 valence electrons. The van der Waals surface area contributed by atoms with E-state index in [1.165, 1.54) is 35.2 Å². The van der Waals surface area contributed by atoms with E-state index in [4.69, 9.17) is 14.2 Å². The summed E-state index contributed by atoms with van der Waals surface area (Å²) in [5.41, 5.74) is 5.26. The second-order valence-corrected chi connectivity index (χ2v) is 12.3. The zero-order chi connectivity index (χ0) is 26.3. The number of rotatable bonds is 6. The molecule has 1 N–H and O–H groups in total. The quantitative estimate of drug-likeness (QED) is 0.471. The van der Waals surface area contributed by atoms with Gasteiger partial charge in [-0.2, -0.15) is 0 Å². The van der Waals surface area contributed by atoms with Gasteiger partial charge in [-0.3, -0.25) is 9.78 Å². The molecule has 1 aliphatic heterocycles. The molecule has 3 aliphatic carbocycles. The van der Waals surface area contributed by atoms with Crippen LogP contribution in [0.3, 0.4) is 0 Å². The summed E-state index contributed by atoms with van der Waals surface area (Å²) in [6.07, 6.45) is 11.6. The van der Waals surface area contributed by atoms with Crippen LogP contribution in [-0.4, -0.2) is 35.9 Å². The van der Waals surface area contributed by atoms with Crippen molar-refractivity contribution in [1.29, 1.82) is 0 Å². The van der Waals surface area contributed by atoms with E-state index in [9.17, 15) is 9.90 Å². The molecule has 0 bridgehead atoms. The SMILES string of the molecule is C[C@@H](COc1ccnc2c1[C@H](C)CCC2)CC1Cc2cc3c(cc2C12CCC(C(=O)O)CC2)OCCCO3. The largest absolute Gasteiger partial charge is 0.493 e. The van der Waals surface area contributed by atoms with Gasteiger partial charge in [0.1, 0.15) is 5.75 Å². The molecule has 1 fully saturated rings. The molecule has 6 rings (SSSR count). The highest BCUT2D eigenvalue weighted by Gasteiger charge is 2.50. The average Bonchev–Trinajstić information content (AvgIpc) is 3.05. The molecule has 38 heavy (non-hydrogen) atoms. The molecule has 1 aromatic carbocycles. The summed E-state index contributed by atoms with van der Waals surface area (Å²) < 4.78 is 18.6. The third-order valence-corrected chi connectivity index (χ3v) is 9.77. The number of aromatic nitrogens is 1. The van der Waals surface area contributed by atoms with Crippen molar-refractivity contribution in [2.45, 2.75) is 89.4 Å². The van der Waals surface area contributed by atoms with E-state index in [1.54, 1.807) is 0 Å². The summed E-state index contributed by atoms with van der Waals surface area (Å²) in [6, 6.07) is 6.50. The summed E-state index contributed by atoms with van der Waals surface area (Å²) >= 11 is 0. The van der Waals surface area contributed by atoms with Crippen molar-refractivity contribution in [3.05, 3.63) is 46.8 Å². The Kier molecular flexibility index (Phi) is 7.00. The fraction of sp³-hybridized carbons (Fsp3) is 0.625. The number of aliphatic carboxylic acids is 1. The smallest absolute Gasteiger partial charge is 0.306 e. The standard InChI is InChI=1S/C32H41NO5/c1-20(19-38-27-9-12-33-26-6-3-5-21(2)30(26)27)15-24-16-23-17-28-29(37-14-4-13-36-28)18-25(23)32(24)10-7-22(8-11-32)31(34)35/h9,12,17-18,20-22,24H,3-8,10-11,13-16,19H2,1-2H3,(H,34,35)/t20-,21-,22?,24?,32?/m1/s1. The number of aryl methyl sites for hydroxylation is 1. The number of carboxylic acids is 1. The van der Waals surface area contributed by atoms with Gasteiger partial charge in [-0.05, 0) is 110 Å². The molecule has 1 spiro atoms. The molecule has 3 atom stereocenters. The molecule has 1 unspecified atom stereocenters. The Morgan fingerprint density at radius 2 is 1.92 bits per heavy atom. The molecule has 4 aliphatic rings. The average molecular weight is 520 g/mol. The number of fused-ring (bicyclic) bond motifs is 4. The lowest BCUT2D eigenvalue weighted by Crippen LogP contribution is -2.39. The number of carboxylic acid groups (broad SMARTS) is 1. The van der Waals surface area contributed by atoms with E-state index in [2.05, 4.69) is 31.0 Å². The zero-order valence-corrected chi connectivity index (χ0v) is 22.8. The van der Waals surface area contributed by atoms with Gasteiger partial charge in [0.15, 0.2) is 11.5 Å². The normalized spacial score (nSPS) is 28.7. The van der Waals surface area contributed by atoms with Gasteiger partial charge in [0, 0.05) is 23.9 Å². The zero-order valence-electron chi connectivity index (χ0n) is 22.8.